The summed E-state index contributed by atoms with van der Waals surface area (Å²) >= 11 is 2.05. The minimum absolute atomic E-state index is 0.107. The Labute approximate surface area is 122 Å². The molecule has 0 aromatic rings. The van der Waals surface area contributed by atoms with Gasteiger partial charge >= 0.3 is 0 Å². The zero-order valence-corrected chi connectivity index (χ0v) is 13.3. The first-order valence-electron chi connectivity index (χ1n) is 7.77. The van der Waals surface area contributed by atoms with E-state index >= 15 is 0 Å². The normalized spacial score (nSPS) is 27.6. The number of hydrogen-bond donors (Lipinski definition) is 1. The molecule has 4 heteroatoms. The maximum absolute atomic E-state index is 6.44. The van der Waals surface area contributed by atoms with Gasteiger partial charge in [-0.25, -0.2) is 0 Å². The predicted molar refractivity (Wildman–Crippen MR) is 81.7 cm³/mol. The second-order valence-electron chi connectivity index (χ2n) is 5.97. The second-order valence-corrected chi connectivity index (χ2v) is 7.20. The summed E-state index contributed by atoms with van der Waals surface area (Å²) in [5, 5.41) is 0. The predicted octanol–water partition coefficient (Wildman–Crippen LogP) is 2.97. The lowest BCUT2D eigenvalue weighted by molar-refractivity contribution is -0.176. The van der Waals surface area contributed by atoms with E-state index in [2.05, 4.69) is 13.8 Å². The van der Waals surface area contributed by atoms with Crippen LogP contribution in [0.1, 0.15) is 52.4 Å². The number of ether oxygens (including phenoxy) is 2. The van der Waals surface area contributed by atoms with Gasteiger partial charge in [0, 0.05) is 19.6 Å². The van der Waals surface area contributed by atoms with Crippen molar-refractivity contribution >= 4 is 11.8 Å². The Morgan fingerprint density at radius 1 is 1.32 bits per heavy atom. The molecule has 1 unspecified atom stereocenters. The smallest absolute Gasteiger partial charge is 0.0802 e. The Hall–Kier alpha value is 0.230. The van der Waals surface area contributed by atoms with Crippen molar-refractivity contribution in [2.24, 2.45) is 5.73 Å². The van der Waals surface area contributed by atoms with Crippen LogP contribution >= 0.6 is 11.8 Å². The molecule has 0 saturated carbocycles. The monoisotopic (exact) mass is 287 g/mol. The van der Waals surface area contributed by atoms with Crippen molar-refractivity contribution in [3.63, 3.8) is 0 Å². The summed E-state index contributed by atoms with van der Waals surface area (Å²) < 4.78 is 12.6. The minimum atomic E-state index is -0.118. The van der Waals surface area contributed by atoms with Crippen molar-refractivity contribution < 1.29 is 9.47 Å². The molecule has 2 N–H and O–H groups in total. The van der Waals surface area contributed by atoms with Gasteiger partial charge < -0.3 is 15.2 Å². The van der Waals surface area contributed by atoms with Gasteiger partial charge in [0.15, 0.2) is 0 Å². The van der Waals surface area contributed by atoms with E-state index in [1.165, 1.54) is 24.3 Å². The lowest BCUT2D eigenvalue weighted by Gasteiger charge is -2.45. The van der Waals surface area contributed by atoms with E-state index in [0.29, 0.717) is 12.6 Å². The van der Waals surface area contributed by atoms with Gasteiger partial charge in [-0.05, 0) is 43.6 Å². The van der Waals surface area contributed by atoms with Crippen molar-refractivity contribution in [3.05, 3.63) is 0 Å². The number of hydrogen-bond acceptors (Lipinski definition) is 4. The van der Waals surface area contributed by atoms with Crippen molar-refractivity contribution in [1.29, 1.82) is 0 Å². The van der Waals surface area contributed by atoms with Gasteiger partial charge in [0.1, 0.15) is 0 Å². The van der Waals surface area contributed by atoms with Crippen LogP contribution in [0, 0.1) is 0 Å². The maximum Gasteiger partial charge on any atom is 0.0802 e. The van der Waals surface area contributed by atoms with Crippen LogP contribution in [0.2, 0.25) is 0 Å². The summed E-state index contributed by atoms with van der Waals surface area (Å²) in [7, 11) is 0. The first-order chi connectivity index (χ1) is 9.17. The Bertz CT molecular complexity index is 262. The average molecular weight is 287 g/mol. The van der Waals surface area contributed by atoms with Crippen LogP contribution in [0.15, 0.2) is 0 Å². The Morgan fingerprint density at radius 3 is 2.58 bits per heavy atom. The lowest BCUT2D eigenvalue weighted by atomic mass is 9.86. The van der Waals surface area contributed by atoms with Crippen molar-refractivity contribution in [2.45, 2.75) is 69.7 Å². The van der Waals surface area contributed by atoms with Gasteiger partial charge in [-0.1, -0.05) is 13.8 Å². The lowest BCUT2D eigenvalue weighted by Crippen LogP contribution is -2.49. The summed E-state index contributed by atoms with van der Waals surface area (Å²) in [4.78, 5) is 0. The quantitative estimate of drug-likeness (QED) is 0.844. The van der Waals surface area contributed by atoms with Crippen LogP contribution in [0.5, 0.6) is 0 Å². The Kier molecular flexibility index (Phi) is 5.58. The van der Waals surface area contributed by atoms with Crippen LogP contribution in [0.25, 0.3) is 0 Å². The molecule has 1 atom stereocenters. The van der Waals surface area contributed by atoms with Gasteiger partial charge in [0.2, 0.25) is 0 Å². The maximum atomic E-state index is 6.44. The molecule has 3 nitrogen and oxygen atoms in total. The summed E-state index contributed by atoms with van der Waals surface area (Å²) in [6.45, 7) is 5.84. The van der Waals surface area contributed by atoms with Crippen LogP contribution in [0.3, 0.4) is 0 Å². The first-order valence-corrected chi connectivity index (χ1v) is 8.92. The summed E-state index contributed by atoms with van der Waals surface area (Å²) in [6.07, 6.45) is 6.80. The third kappa shape index (κ3) is 3.66. The third-order valence-electron chi connectivity index (χ3n) is 4.93. The Balaban J connectivity index is 1.97. The molecule has 19 heavy (non-hydrogen) atoms. The van der Waals surface area contributed by atoms with E-state index in [1.807, 2.05) is 11.8 Å². The molecule has 2 heterocycles. The minimum Gasteiger partial charge on any atom is -0.375 e. The standard InChI is InChI=1S/C15H29NO2S/c1-3-14(4-2,12-16)18-13-5-8-17-15(11-13)6-9-19-10-7-15/h13H,3-12,16H2,1-2H3. The molecule has 2 aliphatic heterocycles. The Morgan fingerprint density at radius 2 is 2.00 bits per heavy atom. The fourth-order valence-corrected chi connectivity index (χ4v) is 4.52. The highest BCUT2D eigenvalue weighted by Crippen LogP contribution is 2.39. The largest absolute Gasteiger partial charge is 0.375 e. The van der Waals surface area contributed by atoms with Crippen LogP contribution in [-0.2, 0) is 9.47 Å². The molecule has 0 bridgehead atoms. The molecule has 2 fully saturated rings. The number of rotatable bonds is 5. The molecule has 1 spiro atoms. The van der Waals surface area contributed by atoms with Crippen molar-refractivity contribution in [1.82, 2.24) is 0 Å². The van der Waals surface area contributed by atoms with E-state index < -0.39 is 0 Å². The van der Waals surface area contributed by atoms with E-state index in [-0.39, 0.29) is 11.2 Å². The van der Waals surface area contributed by atoms with E-state index in [0.717, 1.165) is 32.3 Å². The summed E-state index contributed by atoms with van der Waals surface area (Å²) in [6, 6.07) is 0. The van der Waals surface area contributed by atoms with Crippen molar-refractivity contribution in [2.75, 3.05) is 24.7 Å². The molecular formula is C15H29NO2S. The van der Waals surface area contributed by atoms with Crippen LogP contribution < -0.4 is 5.73 Å². The zero-order valence-electron chi connectivity index (χ0n) is 12.5. The molecule has 2 saturated heterocycles. The van der Waals surface area contributed by atoms with E-state index in [1.54, 1.807) is 0 Å². The molecule has 0 aromatic carbocycles. The van der Waals surface area contributed by atoms with Crippen LogP contribution in [0.4, 0.5) is 0 Å². The molecule has 0 amide bonds. The molecule has 2 aliphatic rings. The van der Waals surface area contributed by atoms with E-state index in [4.69, 9.17) is 15.2 Å². The highest BCUT2D eigenvalue weighted by molar-refractivity contribution is 7.99. The summed E-state index contributed by atoms with van der Waals surface area (Å²) in [5.74, 6) is 2.46. The van der Waals surface area contributed by atoms with Gasteiger partial charge in [0.25, 0.3) is 0 Å². The SMILES string of the molecule is CCC(CC)(CN)OC1CCOC2(CCSCC2)C1. The molecular weight excluding hydrogens is 258 g/mol. The van der Waals surface area contributed by atoms with Crippen LogP contribution in [-0.4, -0.2) is 42.0 Å². The molecule has 112 valence electrons. The van der Waals surface area contributed by atoms with Gasteiger partial charge in [0.05, 0.1) is 17.3 Å². The van der Waals surface area contributed by atoms with E-state index in [9.17, 15) is 0 Å². The third-order valence-corrected chi connectivity index (χ3v) is 5.91. The van der Waals surface area contributed by atoms with Gasteiger partial charge in [-0.3, -0.25) is 0 Å². The first kappa shape index (κ1) is 15.6. The summed E-state index contributed by atoms with van der Waals surface area (Å²) in [5.41, 5.74) is 5.95. The average Bonchev–Trinajstić information content (AvgIpc) is 2.46. The molecule has 0 aromatic heterocycles. The van der Waals surface area contributed by atoms with Gasteiger partial charge in [-0.2, -0.15) is 11.8 Å². The number of nitrogens with two attached hydrogens (primary N) is 1. The van der Waals surface area contributed by atoms with Gasteiger partial charge in [-0.15, -0.1) is 0 Å². The number of thioether (sulfide) groups is 1. The zero-order chi connectivity index (χ0) is 13.8. The topological polar surface area (TPSA) is 44.5 Å². The highest BCUT2D eigenvalue weighted by atomic mass is 32.2. The highest BCUT2D eigenvalue weighted by Gasteiger charge is 2.41. The second kappa shape index (κ2) is 6.79. The molecule has 0 aliphatic carbocycles. The molecule has 2 rings (SSSR count). The fourth-order valence-electron chi connectivity index (χ4n) is 3.28. The fraction of sp³-hybridized carbons (Fsp3) is 1.00. The van der Waals surface area contributed by atoms with Crippen molar-refractivity contribution in [3.8, 4) is 0 Å². The molecule has 0 radical (unpaired) electrons.